The van der Waals surface area contributed by atoms with Crippen molar-refractivity contribution in [2.45, 2.75) is 6.42 Å². The Hall–Kier alpha value is -2.08. The van der Waals surface area contributed by atoms with Crippen LogP contribution >= 0.6 is 11.3 Å². The van der Waals surface area contributed by atoms with E-state index in [0.717, 1.165) is 17.0 Å². The Balaban J connectivity index is 2.07. The number of hydrogen-bond donors (Lipinski definition) is 2. The third-order valence-electron chi connectivity index (χ3n) is 2.52. The molecule has 0 saturated heterocycles. The first-order valence-electron chi connectivity index (χ1n) is 5.55. The van der Waals surface area contributed by atoms with Crippen molar-refractivity contribution in [3.8, 4) is 5.75 Å². The van der Waals surface area contributed by atoms with Crippen LogP contribution in [0.1, 0.15) is 15.2 Å². The number of carboxylic acid groups (broad SMARTS) is 1. The van der Waals surface area contributed by atoms with E-state index in [2.05, 4.69) is 0 Å². The van der Waals surface area contributed by atoms with Crippen molar-refractivity contribution < 1.29 is 19.0 Å². The number of benzene rings is 1. The van der Waals surface area contributed by atoms with Crippen LogP contribution in [0.4, 0.5) is 10.1 Å². The number of thiophene rings is 1. The number of hydrogen-bond acceptors (Lipinski definition) is 4. The van der Waals surface area contributed by atoms with Gasteiger partial charge in [0, 0.05) is 23.1 Å². The zero-order valence-corrected chi connectivity index (χ0v) is 10.7. The first-order chi connectivity index (χ1) is 9.08. The molecule has 0 atom stereocenters. The molecule has 3 N–H and O–H groups in total. The first kappa shape index (κ1) is 13.4. The molecule has 0 aliphatic rings. The minimum absolute atomic E-state index is 0.0943. The van der Waals surface area contributed by atoms with Crippen LogP contribution in [0, 0.1) is 5.82 Å². The molecule has 6 heteroatoms. The molecular formula is C13H12FNO3S. The molecule has 1 aromatic carbocycles. The highest BCUT2D eigenvalue weighted by molar-refractivity contribution is 7.09. The first-order valence-corrected chi connectivity index (χ1v) is 6.43. The fourth-order valence-corrected chi connectivity index (χ4v) is 2.27. The summed E-state index contributed by atoms with van der Waals surface area (Å²) < 4.78 is 18.8. The average Bonchev–Trinajstić information content (AvgIpc) is 2.84. The van der Waals surface area contributed by atoms with Crippen LogP contribution < -0.4 is 10.5 Å². The molecular weight excluding hydrogens is 269 g/mol. The second-order valence-corrected chi connectivity index (χ2v) is 4.89. The second-order valence-electron chi connectivity index (χ2n) is 3.85. The molecule has 1 heterocycles. The summed E-state index contributed by atoms with van der Waals surface area (Å²) in [6.07, 6.45) is 0.643. The summed E-state index contributed by atoms with van der Waals surface area (Å²) in [6, 6.07) is 5.95. The Labute approximate surface area is 113 Å². The van der Waals surface area contributed by atoms with E-state index < -0.39 is 11.8 Å². The summed E-state index contributed by atoms with van der Waals surface area (Å²) in [7, 11) is 0. The molecule has 0 bridgehead atoms. The van der Waals surface area contributed by atoms with E-state index in [1.165, 1.54) is 0 Å². The Morgan fingerprint density at radius 2 is 2.26 bits per heavy atom. The number of carbonyl (C=O) groups is 1. The lowest BCUT2D eigenvalue weighted by Crippen LogP contribution is -2.07. The van der Waals surface area contributed by atoms with Crippen LogP contribution in [0.5, 0.6) is 5.75 Å². The molecule has 0 saturated carbocycles. The second kappa shape index (κ2) is 5.71. The topological polar surface area (TPSA) is 72.5 Å². The molecule has 0 radical (unpaired) electrons. The molecule has 0 aliphatic carbocycles. The van der Waals surface area contributed by atoms with Crippen molar-refractivity contribution in [2.75, 3.05) is 12.3 Å². The summed E-state index contributed by atoms with van der Waals surface area (Å²) in [6.45, 7) is 0.278. The molecule has 0 fully saturated rings. The number of nitrogen functional groups attached to an aromatic ring is 1. The molecule has 0 unspecified atom stereocenters. The SMILES string of the molecule is Nc1cc(F)c(OCCc2cccs2)cc1C(=O)O. The van der Waals surface area contributed by atoms with Crippen LogP contribution in [0.2, 0.25) is 0 Å². The summed E-state index contributed by atoms with van der Waals surface area (Å²) in [5.41, 5.74) is 5.15. The van der Waals surface area contributed by atoms with E-state index in [1.54, 1.807) is 11.3 Å². The Morgan fingerprint density at radius 3 is 2.89 bits per heavy atom. The van der Waals surface area contributed by atoms with Crippen LogP contribution in [-0.4, -0.2) is 17.7 Å². The van der Waals surface area contributed by atoms with Gasteiger partial charge in [-0.15, -0.1) is 11.3 Å². The zero-order valence-electron chi connectivity index (χ0n) is 9.93. The predicted molar refractivity (Wildman–Crippen MR) is 71.3 cm³/mol. The van der Waals surface area contributed by atoms with Crippen LogP contribution in [0.15, 0.2) is 29.6 Å². The van der Waals surface area contributed by atoms with Crippen molar-refractivity contribution in [1.82, 2.24) is 0 Å². The zero-order chi connectivity index (χ0) is 13.8. The van der Waals surface area contributed by atoms with Gasteiger partial charge in [-0.2, -0.15) is 0 Å². The average molecular weight is 281 g/mol. The fourth-order valence-electron chi connectivity index (χ4n) is 1.58. The number of halogens is 1. The molecule has 0 amide bonds. The van der Waals surface area contributed by atoms with Gasteiger partial charge >= 0.3 is 5.97 Å². The van der Waals surface area contributed by atoms with E-state index in [9.17, 15) is 9.18 Å². The monoisotopic (exact) mass is 281 g/mol. The maximum atomic E-state index is 13.6. The summed E-state index contributed by atoms with van der Waals surface area (Å²) in [4.78, 5) is 12.0. The molecule has 0 aliphatic heterocycles. The van der Waals surface area contributed by atoms with Crippen LogP contribution in [0.3, 0.4) is 0 Å². The smallest absolute Gasteiger partial charge is 0.337 e. The van der Waals surface area contributed by atoms with Crippen molar-refractivity contribution >= 4 is 23.0 Å². The Bertz CT molecular complexity index is 584. The lowest BCUT2D eigenvalue weighted by atomic mass is 10.1. The van der Waals surface area contributed by atoms with E-state index in [0.29, 0.717) is 6.42 Å². The number of anilines is 1. The fraction of sp³-hybridized carbons (Fsp3) is 0.154. The summed E-state index contributed by atoms with van der Waals surface area (Å²) in [5.74, 6) is -1.96. The van der Waals surface area contributed by atoms with E-state index in [-0.39, 0.29) is 23.6 Å². The lowest BCUT2D eigenvalue weighted by molar-refractivity contribution is 0.0697. The molecule has 1 aromatic heterocycles. The van der Waals surface area contributed by atoms with Crippen molar-refractivity contribution in [3.05, 3.63) is 45.9 Å². The van der Waals surface area contributed by atoms with E-state index in [1.807, 2.05) is 17.5 Å². The van der Waals surface area contributed by atoms with Gasteiger partial charge < -0.3 is 15.6 Å². The number of ether oxygens (including phenoxy) is 1. The third kappa shape index (κ3) is 3.23. The largest absolute Gasteiger partial charge is 0.490 e. The summed E-state index contributed by atoms with van der Waals surface area (Å²) >= 11 is 1.58. The van der Waals surface area contributed by atoms with Gasteiger partial charge in [0.25, 0.3) is 0 Å². The third-order valence-corrected chi connectivity index (χ3v) is 3.46. The van der Waals surface area contributed by atoms with Crippen LogP contribution in [-0.2, 0) is 6.42 Å². The van der Waals surface area contributed by atoms with Gasteiger partial charge in [0.2, 0.25) is 0 Å². The number of carboxylic acids is 1. The lowest BCUT2D eigenvalue weighted by Gasteiger charge is -2.09. The van der Waals surface area contributed by atoms with Crippen molar-refractivity contribution in [1.29, 1.82) is 0 Å². The van der Waals surface area contributed by atoms with Gasteiger partial charge in [-0.3, -0.25) is 0 Å². The minimum Gasteiger partial charge on any atom is -0.490 e. The molecule has 2 rings (SSSR count). The highest BCUT2D eigenvalue weighted by Crippen LogP contribution is 2.24. The van der Waals surface area contributed by atoms with Gasteiger partial charge in [0.15, 0.2) is 11.6 Å². The maximum absolute atomic E-state index is 13.6. The molecule has 19 heavy (non-hydrogen) atoms. The van der Waals surface area contributed by atoms with E-state index >= 15 is 0 Å². The van der Waals surface area contributed by atoms with Gasteiger partial charge in [-0.25, -0.2) is 9.18 Å². The molecule has 100 valence electrons. The highest BCUT2D eigenvalue weighted by Gasteiger charge is 2.14. The Kier molecular flexibility index (Phi) is 4.01. The number of nitrogens with two attached hydrogens (primary N) is 1. The predicted octanol–water partition coefficient (Wildman–Crippen LogP) is 2.79. The van der Waals surface area contributed by atoms with Gasteiger partial charge in [-0.1, -0.05) is 6.07 Å². The Morgan fingerprint density at radius 1 is 1.47 bits per heavy atom. The molecule has 2 aromatic rings. The van der Waals surface area contributed by atoms with Crippen molar-refractivity contribution in [3.63, 3.8) is 0 Å². The van der Waals surface area contributed by atoms with Crippen LogP contribution in [0.25, 0.3) is 0 Å². The number of rotatable bonds is 5. The quantitative estimate of drug-likeness (QED) is 0.827. The number of aromatic carboxylic acids is 1. The minimum atomic E-state index is -1.21. The highest BCUT2D eigenvalue weighted by atomic mass is 32.1. The van der Waals surface area contributed by atoms with Gasteiger partial charge in [0.1, 0.15) is 0 Å². The molecule has 4 nitrogen and oxygen atoms in total. The van der Waals surface area contributed by atoms with Gasteiger partial charge in [-0.05, 0) is 17.5 Å². The van der Waals surface area contributed by atoms with Crippen molar-refractivity contribution in [2.24, 2.45) is 0 Å². The standard InChI is InChI=1S/C13H12FNO3S/c14-10-7-11(15)9(13(16)17)6-12(10)18-4-3-8-2-1-5-19-8/h1-2,5-7H,3-4,15H2,(H,16,17). The molecule has 0 spiro atoms. The summed E-state index contributed by atoms with van der Waals surface area (Å²) in [5, 5.41) is 10.8. The normalized spacial score (nSPS) is 10.4. The van der Waals surface area contributed by atoms with E-state index in [4.69, 9.17) is 15.6 Å². The maximum Gasteiger partial charge on any atom is 0.337 e. The van der Waals surface area contributed by atoms with Gasteiger partial charge in [0.05, 0.1) is 12.2 Å².